The molecule has 0 aliphatic carbocycles. The van der Waals surface area contributed by atoms with Crippen LogP contribution in [0.3, 0.4) is 0 Å². The number of nitrogens with zero attached hydrogens (tertiary/aromatic N) is 3. The summed E-state index contributed by atoms with van der Waals surface area (Å²) in [6.07, 6.45) is 2.33. The summed E-state index contributed by atoms with van der Waals surface area (Å²) >= 11 is 3.56. The summed E-state index contributed by atoms with van der Waals surface area (Å²) in [5.41, 5.74) is 0. The van der Waals surface area contributed by atoms with Crippen molar-refractivity contribution >= 4 is 32.5 Å². The van der Waals surface area contributed by atoms with Crippen molar-refractivity contribution in [1.82, 2.24) is 4.98 Å². The average Bonchev–Trinajstić information content (AvgIpc) is 2.40. The highest BCUT2D eigenvalue weighted by molar-refractivity contribution is 9.10. The van der Waals surface area contributed by atoms with Crippen LogP contribution in [0.15, 0.2) is 34.9 Å². The predicted molar refractivity (Wildman–Crippen MR) is 77.6 cm³/mol. The molecule has 0 bridgehead atoms. The molecule has 0 unspecified atom stereocenters. The van der Waals surface area contributed by atoms with Crippen molar-refractivity contribution in [2.45, 2.75) is 13.3 Å². The van der Waals surface area contributed by atoms with Crippen molar-refractivity contribution < 1.29 is 0 Å². The molecule has 0 saturated carbocycles. The highest BCUT2D eigenvalue weighted by Gasteiger charge is 2.10. The second-order valence-electron chi connectivity index (χ2n) is 3.96. The number of fused-ring (bicyclic) bond motifs is 1. The van der Waals surface area contributed by atoms with Crippen LogP contribution < -0.4 is 4.90 Å². The van der Waals surface area contributed by atoms with Crippen molar-refractivity contribution in [1.29, 1.82) is 5.26 Å². The van der Waals surface area contributed by atoms with Crippen molar-refractivity contribution in [3.8, 4) is 6.07 Å². The molecular formula is C14H14BrN3. The maximum atomic E-state index is 8.71. The van der Waals surface area contributed by atoms with E-state index >= 15 is 0 Å². The van der Waals surface area contributed by atoms with E-state index in [0.717, 1.165) is 27.6 Å². The molecular weight excluding hydrogens is 290 g/mol. The van der Waals surface area contributed by atoms with Gasteiger partial charge in [0.25, 0.3) is 0 Å². The number of hydrogen-bond acceptors (Lipinski definition) is 3. The molecule has 0 fully saturated rings. The van der Waals surface area contributed by atoms with Crippen LogP contribution in [0.2, 0.25) is 0 Å². The van der Waals surface area contributed by atoms with Crippen LogP contribution in [-0.4, -0.2) is 18.1 Å². The number of benzene rings is 1. The third kappa shape index (κ3) is 2.46. The number of aromatic nitrogens is 1. The van der Waals surface area contributed by atoms with E-state index in [1.54, 1.807) is 0 Å². The quantitative estimate of drug-likeness (QED) is 0.864. The number of nitriles is 1. The lowest BCUT2D eigenvalue weighted by Gasteiger charge is -2.22. The molecule has 0 aliphatic rings. The van der Waals surface area contributed by atoms with Gasteiger partial charge >= 0.3 is 0 Å². The summed E-state index contributed by atoms with van der Waals surface area (Å²) in [6.45, 7) is 3.64. The lowest BCUT2D eigenvalue weighted by atomic mass is 10.1. The number of hydrogen-bond donors (Lipinski definition) is 0. The number of pyridine rings is 1. The third-order valence-corrected chi connectivity index (χ3v) is 3.60. The summed E-state index contributed by atoms with van der Waals surface area (Å²) in [7, 11) is 0. The van der Waals surface area contributed by atoms with Gasteiger partial charge in [-0.2, -0.15) is 5.26 Å². The zero-order chi connectivity index (χ0) is 13.0. The van der Waals surface area contributed by atoms with E-state index < -0.39 is 0 Å². The first-order valence-electron chi connectivity index (χ1n) is 5.93. The maximum Gasteiger partial charge on any atom is 0.136 e. The lowest BCUT2D eigenvalue weighted by Crippen LogP contribution is -2.24. The normalized spacial score (nSPS) is 10.3. The van der Waals surface area contributed by atoms with E-state index in [-0.39, 0.29) is 0 Å². The molecule has 2 rings (SSSR count). The Morgan fingerprint density at radius 2 is 2.17 bits per heavy atom. The fourth-order valence-corrected chi connectivity index (χ4v) is 2.50. The maximum absolute atomic E-state index is 8.71. The van der Waals surface area contributed by atoms with Crippen LogP contribution in [0.25, 0.3) is 10.8 Å². The van der Waals surface area contributed by atoms with E-state index in [4.69, 9.17) is 5.26 Å². The van der Waals surface area contributed by atoms with Gasteiger partial charge in [0.05, 0.1) is 12.5 Å². The molecule has 0 aliphatic heterocycles. The molecule has 1 aromatic carbocycles. The van der Waals surface area contributed by atoms with Crippen molar-refractivity contribution in [2.24, 2.45) is 0 Å². The Morgan fingerprint density at radius 3 is 2.89 bits per heavy atom. The number of rotatable bonds is 4. The molecule has 1 heterocycles. The van der Waals surface area contributed by atoms with Crippen molar-refractivity contribution in [3.05, 3.63) is 34.9 Å². The molecule has 4 heteroatoms. The first-order chi connectivity index (χ1) is 8.77. The van der Waals surface area contributed by atoms with Crippen molar-refractivity contribution in [2.75, 3.05) is 18.0 Å². The van der Waals surface area contributed by atoms with Crippen molar-refractivity contribution in [3.63, 3.8) is 0 Å². The largest absolute Gasteiger partial charge is 0.355 e. The average molecular weight is 304 g/mol. The second-order valence-corrected chi connectivity index (χ2v) is 4.81. The smallest absolute Gasteiger partial charge is 0.136 e. The number of anilines is 1. The van der Waals surface area contributed by atoms with Crippen LogP contribution in [0, 0.1) is 11.3 Å². The fourth-order valence-electron chi connectivity index (χ4n) is 2.00. The number of halogens is 1. The standard InChI is InChI=1S/C14H14BrN3/c1-2-18(10-4-8-16)14-12-5-3-6-13(15)11(12)7-9-17-14/h3,5-7,9H,2,4,10H2,1H3. The molecule has 0 N–H and O–H groups in total. The second kappa shape index (κ2) is 5.83. The van der Waals surface area contributed by atoms with Gasteiger partial charge in [0.15, 0.2) is 0 Å². The van der Waals surface area contributed by atoms with E-state index in [1.165, 1.54) is 0 Å². The summed E-state index contributed by atoms with van der Waals surface area (Å²) < 4.78 is 1.07. The Bertz CT molecular complexity index is 589. The van der Waals surface area contributed by atoms with Gasteiger partial charge in [-0.15, -0.1) is 0 Å². The van der Waals surface area contributed by atoms with E-state index in [9.17, 15) is 0 Å². The molecule has 3 nitrogen and oxygen atoms in total. The SMILES string of the molecule is CCN(CCC#N)c1nccc2c(Br)cccc12. The predicted octanol–water partition coefficient (Wildman–Crippen LogP) is 3.74. The van der Waals surface area contributed by atoms with Crippen LogP contribution in [0.1, 0.15) is 13.3 Å². The molecule has 0 saturated heterocycles. The highest BCUT2D eigenvalue weighted by Crippen LogP contribution is 2.29. The van der Waals surface area contributed by atoms with Gasteiger partial charge in [0, 0.05) is 34.5 Å². The van der Waals surface area contributed by atoms with Gasteiger partial charge in [0.1, 0.15) is 5.82 Å². The molecule has 1 aromatic heterocycles. The topological polar surface area (TPSA) is 39.9 Å². The van der Waals surface area contributed by atoms with Crippen LogP contribution in [-0.2, 0) is 0 Å². The zero-order valence-corrected chi connectivity index (χ0v) is 11.8. The van der Waals surface area contributed by atoms with Gasteiger partial charge in [0.2, 0.25) is 0 Å². The van der Waals surface area contributed by atoms with E-state index in [0.29, 0.717) is 13.0 Å². The first kappa shape index (κ1) is 12.8. The van der Waals surface area contributed by atoms with Gasteiger partial charge in [-0.3, -0.25) is 0 Å². The Balaban J connectivity index is 2.50. The molecule has 0 atom stereocenters. The van der Waals surface area contributed by atoms with Gasteiger partial charge < -0.3 is 4.90 Å². The summed E-state index contributed by atoms with van der Waals surface area (Å²) in [4.78, 5) is 6.60. The molecule has 2 aromatic rings. The molecule has 0 radical (unpaired) electrons. The monoisotopic (exact) mass is 303 g/mol. The van der Waals surface area contributed by atoms with Crippen LogP contribution in [0.5, 0.6) is 0 Å². The Kier molecular flexibility index (Phi) is 4.16. The fraction of sp³-hybridized carbons (Fsp3) is 0.286. The van der Waals surface area contributed by atoms with E-state index in [2.05, 4.69) is 44.9 Å². The molecule has 0 amide bonds. The molecule has 0 spiro atoms. The minimum atomic E-state index is 0.514. The molecule has 92 valence electrons. The minimum absolute atomic E-state index is 0.514. The Labute approximate surface area is 115 Å². The highest BCUT2D eigenvalue weighted by atomic mass is 79.9. The third-order valence-electron chi connectivity index (χ3n) is 2.91. The van der Waals surface area contributed by atoms with Crippen LogP contribution in [0.4, 0.5) is 5.82 Å². The lowest BCUT2D eigenvalue weighted by molar-refractivity contribution is 0.815. The first-order valence-corrected chi connectivity index (χ1v) is 6.72. The summed E-state index contributed by atoms with van der Waals surface area (Å²) in [5.74, 6) is 0.951. The van der Waals surface area contributed by atoms with Gasteiger partial charge in [-0.1, -0.05) is 28.1 Å². The Morgan fingerprint density at radius 1 is 1.33 bits per heavy atom. The molecule has 18 heavy (non-hydrogen) atoms. The zero-order valence-electron chi connectivity index (χ0n) is 10.2. The summed E-state index contributed by atoms with van der Waals surface area (Å²) in [5, 5.41) is 11.0. The van der Waals surface area contributed by atoms with E-state index in [1.807, 2.05) is 24.4 Å². The van der Waals surface area contributed by atoms with Gasteiger partial charge in [-0.25, -0.2) is 4.98 Å². The Hall–Kier alpha value is -1.60. The summed E-state index contributed by atoms with van der Waals surface area (Å²) in [6, 6.07) is 10.3. The van der Waals surface area contributed by atoms with Crippen LogP contribution >= 0.6 is 15.9 Å². The minimum Gasteiger partial charge on any atom is -0.355 e. The van der Waals surface area contributed by atoms with Gasteiger partial charge in [-0.05, 0) is 19.1 Å².